The molecule has 0 amide bonds. The molecule has 0 spiro atoms. The number of thiazole rings is 1. The van der Waals surface area contributed by atoms with Crippen LogP contribution in [0.4, 0.5) is 0 Å². The fourth-order valence-electron chi connectivity index (χ4n) is 2.04. The van der Waals surface area contributed by atoms with Gasteiger partial charge in [0.2, 0.25) is 0 Å². The summed E-state index contributed by atoms with van der Waals surface area (Å²) < 4.78 is 7.98. The number of hydrogen-bond donors (Lipinski definition) is 1. The van der Waals surface area contributed by atoms with Crippen LogP contribution < -0.4 is 4.74 Å². The van der Waals surface area contributed by atoms with E-state index in [1.54, 1.807) is 18.4 Å². The topological polar surface area (TPSA) is 42.8 Å². The van der Waals surface area contributed by atoms with Crippen molar-refractivity contribution in [1.29, 1.82) is 0 Å². The molecule has 4 nitrogen and oxygen atoms in total. The molecular weight excluding hydrogens is 278 g/mol. The SMILES string of the molecule is COc1ccc2c(c1)[nH]c(=S)n2Cc1ncc(C)s1. The van der Waals surface area contributed by atoms with E-state index in [2.05, 4.69) is 21.5 Å². The van der Waals surface area contributed by atoms with E-state index >= 15 is 0 Å². The number of imidazole rings is 1. The predicted octanol–water partition coefficient (Wildman–Crippen LogP) is 3.52. The minimum atomic E-state index is 0.698. The summed E-state index contributed by atoms with van der Waals surface area (Å²) in [4.78, 5) is 8.80. The van der Waals surface area contributed by atoms with Gasteiger partial charge in [-0.1, -0.05) is 0 Å². The minimum absolute atomic E-state index is 0.698. The normalized spacial score (nSPS) is 11.1. The lowest BCUT2D eigenvalue weighted by molar-refractivity contribution is 0.415. The Balaban J connectivity index is 2.08. The molecule has 0 aliphatic carbocycles. The van der Waals surface area contributed by atoms with Gasteiger partial charge in [0.25, 0.3) is 0 Å². The number of H-pyrrole nitrogens is 1. The van der Waals surface area contributed by atoms with E-state index in [0.717, 1.165) is 21.8 Å². The number of aromatic nitrogens is 3. The van der Waals surface area contributed by atoms with E-state index in [1.807, 2.05) is 24.4 Å². The first-order valence-electron chi connectivity index (χ1n) is 5.85. The Bertz CT molecular complexity index is 785. The average molecular weight is 291 g/mol. The van der Waals surface area contributed by atoms with Gasteiger partial charge in [-0.15, -0.1) is 11.3 Å². The zero-order valence-electron chi connectivity index (χ0n) is 10.6. The lowest BCUT2D eigenvalue weighted by Gasteiger charge is -2.02. The van der Waals surface area contributed by atoms with Crippen molar-refractivity contribution >= 4 is 34.6 Å². The molecule has 2 aromatic heterocycles. The van der Waals surface area contributed by atoms with Crippen LogP contribution in [-0.4, -0.2) is 21.6 Å². The zero-order chi connectivity index (χ0) is 13.4. The van der Waals surface area contributed by atoms with Crippen LogP contribution in [0.2, 0.25) is 0 Å². The number of hydrogen-bond acceptors (Lipinski definition) is 4. The Morgan fingerprint density at radius 3 is 3.00 bits per heavy atom. The molecule has 1 aromatic carbocycles. The molecular formula is C13H13N3OS2. The quantitative estimate of drug-likeness (QED) is 0.751. The summed E-state index contributed by atoms with van der Waals surface area (Å²) in [6.07, 6.45) is 1.89. The number of methoxy groups -OCH3 is 1. The van der Waals surface area contributed by atoms with E-state index in [9.17, 15) is 0 Å². The van der Waals surface area contributed by atoms with Gasteiger partial charge in [0.05, 0.1) is 24.7 Å². The Morgan fingerprint density at radius 2 is 2.32 bits per heavy atom. The summed E-state index contributed by atoms with van der Waals surface area (Å²) in [5.74, 6) is 0.820. The van der Waals surface area contributed by atoms with E-state index in [0.29, 0.717) is 11.3 Å². The minimum Gasteiger partial charge on any atom is -0.497 e. The maximum atomic E-state index is 5.38. The highest BCUT2D eigenvalue weighted by Gasteiger charge is 2.08. The van der Waals surface area contributed by atoms with Crippen LogP contribution in [0.3, 0.4) is 0 Å². The molecule has 3 aromatic rings. The molecule has 3 rings (SSSR count). The number of fused-ring (bicyclic) bond motifs is 1. The lowest BCUT2D eigenvalue weighted by Crippen LogP contribution is -1.98. The molecule has 98 valence electrons. The molecule has 0 radical (unpaired) electrons. The van der Waals surface area contributed by atoms with Crippen molar-refractivity contribution in [3.63, 3.8) is 0 Å². The molecule has 19 heavy (non-hydrogen) atoms. The van der Waals surface area contributed by atoms with E-state index in [4.69, 9.17) is 17.0 Å². The van der Waals surface area contributed by atoms with Gasteiger partial charge >= 0.3 is 0 Å². The van der Waals surface area contributed by atoms with Gasteiger partial charge in [0.1, 0.15) is 10.8 Å². The fourth-order valence-corrected chi connectivity index (χ4v) is 3.09. The second kappa shape index (κ2) is 4.79. The van der Waals surface area contributed by atoms with E-state index in [-0.39, 0.29) is 0 Å². The van der Waals surface area contributed by atoms with Gasteiger partial charge in [-0.05, 0) is 31.3 Å². The number of benzene rings is 1. The number of ether oxygens (including phenoxy) is 1. The summed E-state index contributed by atoms with van der Waals surface area (Å²) >= 11 is 7.08. The second-order valence-corrected chi connectivity index (χ2v) is 5.97. The third-order valence-electron chi connectivity index (χ3n) is 2.94. The first-order chi connectivity index (χ1) is 9.17. The van der Waals surface area contributed by atoms with Gasteiger partial charge in [0.15, 0.2) is 4.77 Å². The Hall–Kier alpha value is -1.66. The van der Waals surface area contributed by atoms with E-state index < -0.39 is 0 Å². The zero-order valence-corrected chi connectivity index (χ0v) is 12.3. The monoisotopic (exact) mass is 291 g/mol. The Labute approximate surface area is 119 Å². The molecule has 0 unspecified atom stereocenters. The van der Waals surface area contributed by atoms with Crippen LogP contribution in [0, 0.1) is 11.7 Å². The summed E-state index contributed by atoms with van der Waals surface area (Å²) in [5, 5.41) is 1.06. The van der Waals surface area contributed by atoms with Crippen LogP contribution in [0.15, 0.2) is 24.4 Å². The smallest absolute Gasteiger partial charge is 0.178 e. The number of aromatic amines is 1. The number of aryl methyl sites for hydroxylation is 1. The van der Waals surface area contributed by atoms with Crippen molar-refractivity contribution in [2.45, 2.75) is 13.5 Å². The van der Waals surface area contributed by atoms with E-state index in [1.165, 1.54) is 4.88 Å². The third-order valence-corrected chi connectivity index (χ3v) is 4.16. The first kappa shape index (κ1) is 12.4. The van der Waals surface area contributed by atoms with Crippen molar-refractivity contribution in [2.24, 2.45) is 0 Å². The Morgan fingerprint density at radius 1 is 1.47 bits per heavy atom. The lowest BCUT2D eigenvalue weighted by atomic mass is 10.3. The average Bonchev–Trinajstić information content (AvgIpc) is 2.94. The highest BCUT2D eigenvalue weighted by atomic mass is 32.1. The van der Waals surface area contributed by atoms with Crippen molar-refractivity contribution in [3.8, 4) is 5.75 Å². The molecule has 0 saturated carbocycles. The molecule has 0 bridgehead atoms. The number of nitrogens with one attached hydrogen (secondary N) is 1. The standard InChI is InChI=1S/C13H13N3OS2/c1-8-6-14-12(19-8)7-16-11-4-3-9(17-2)5-10(11)15-13(16)18/h3-6H,7H2,1-2H3,(H,15,18). The maximum Gasteiger partial charge on any atom is 0.178 e. The fraction of sp³-hybridized carbons (Fsp3) is 0.231. The summed E-state index contributed by atoms with van der Waals surface area (Å²) in [5.41, 5.74) is 2.05. The largest absolute Gasteiger partial charge is 0.497 e. The summed E-state index contributed by atoms with van der Waals surface area (Å²) in [6, 6.07) is 5.91. The van der Waals surface area contributed by atoms with Crippen LogP contribution in [0.1, 0.15) is 9.88 Å². The van der Waals surface area contributed by atoms with Gasteiger partial charge in [-0.2, -0.15) is 0 Å². The molecule has 0 saturated heterocycles. The Kier molecular flexibility index (Phi) is 3.12. The molecule has 6 heteroatoms. The third kappa shape index (κ3) is 2.29. The van der Waals surface area contributed by atoms with Crippen LogP contribution >= 0.6 is 23.6 Å². The highest BCUT2D eigenvalue weighted by molar-refractivity contribution is 7.71. The first-order valence-corrected chi connectivity index (χ1v) is 7.07. The maximum absolute atomic E-state index is 5.38. The molecule has 0 atom stereocenters. The van der Waals surface area contributed by atoms with Crippen molar-refractivity contribution < 1.29 is 4.74 Å². The van der Waals surface area contributed by atoms with Crippen molar-refractivity contribution in [1.82, 2.24) is 14.5 Å². The predicted molar refractivity (Wildman–Crippen MR) is 79.6 cm³/mol. The summed E-state index contributed by atoms with van der Waals surface area (Å²) in [7, 11) is 1.66. The number of rotatable bonds is 3. The van der Waals surface area contributed by atoms with Gasteiger partial charge in [-0.3, -0.25) is 0 Å². The second-order valence-electron chi connectivity index (χ2n) is 4.26. The number of nitrogens with zero attached hydrogens (tertiary/aromatic N) is 2. The van der Waals surface area contributed by atoms with Gasteiger partial charge in [-0.25, -0.2) is 4.98 Å². The van der Waals surface area contributed by atoms with Crippen molar-refractivity contribution in [3.05, 3.63) is 39.1 Å². The van der Waals surface area contributed by atoms with Crippen LogP contribution in [-0.2, 0) is 6.54 Å². The van der Waals surface area contributed by atoms with Crippen molar-refractivity contribution in [2.75, 3.05) is 7.11 Å². The van der Waals surface area contributed by atoms with Gasteiger partial charge < -0.3 is 14.3 Å². The molecule has 0 aliphatic heterocycles. The van der Waals surface area contributed by atoms with Gasteiger partial charge in [0, 0.05) is 17.1 Å². The highest BCUT2D eigenvalue weighted by Crippen LogP contribution is 2.22. The molecule has 0 fully saturated rings. The summed E-state index contributed by atoms with van der Waals surface area (Å²) in [6.45, 7) is 2.75. The molecule has 2 heterocycles. The molecule has 1 N–H and O–H groups in total. The van der Waals surface area contributed by atoms with Crippen LogP contribution in [0.25, 0.3) is 11.0 Å². The molecule has 0 aliphatic rings. The van der Waals surface area contributed by atoms with Crippen LogP contribution in [0.5, 0.6) is 5.75 Å².